The Balaban J connectivity index is 2.27. The molecule has 0 bridgehead atoms. The Morgan fingerprint density at radius 2 is 1.71 bits per heavy atom. The van der Waals surface area contributed by atoms with Crippen molar-refractivity contribution in [2.75, 3.05) is 4.90 Å². The van der Waals surface area contributed by atoms with Crippen molar-refractivity contribution in [2.24, 2.45) is 0 Å². The van der Waals surface area contributed by atoms with Crippen molar-refractivity contribution in [1.82, 2.24) is 4.98 Å². The normalized spacial score (nSPS) is 15.2. The van der Waals surface area contributed by atoms with Crippen molar-refractivity contribution >= 4 is 40.0 Å². The van der Waals surface area contributed by atoms with Gasteiger partial charge in [-0.1, -0.05) is 29.8 Å². The summed E-state index contributed by atoms with van der Waals surface area (Å²) in [6, 6.07) is 7.33. The van der Waals surface area contributed by atoms with E-state index in [1.165, 1.54) is 12.2 Å². The van der Waals surface area contributed by atoms with Crippen LogP contribution in [0.4, 0.5) is 5.69 Å². The van der Waals surface area contributed by atoms with Gasteiger partial charge in [0, 0.05) is 23.1 Å². The van der Waals surface area contributed by atoms with E-state index in [4.69, 9.17) is 11.6 Å². The number of carbonyl (C=O) groups is 2. The van der Waals surface area contributed by atoms with Crippen LogP contribution in [0.3, 0.4) is 0 Å². The lowest BCUT2D eigenvalue weighted by atomic mass is 10.2. The highest BCUT2D eigenvalue weighted by Gasteiger charge is 2.29. The summed E-state index contributed by atoms with van der Waals surface area (Å²) in [5, 5.41) is 1.04. The summed E-state index contributed by atoms with van der Waals surface area (Å²) in [5.41, 5.74) is 1.21. The van der Waals surface area contributed by atoms with Crippen LogP contribution in [0.15, 0.2) is 36.4 Å². The molecule has 0 spiro atoms. The first-order valence-corrected chi connectivity index (χ1v) is 5.38. The van der Waals surface area contributed by atoms with Gasteiger partial charge in [0.1, 0.15) is 5.15 Å². The number of nitrogens with zero attached hydrogens (tertiary/aromatic N) is 1. The van der Waals surface area contributed by atoms with Crippen molar-refractivity contribution < 1.29 is 9.59 Å². The van der Waals surface area contributed by atoms with E-state index in [-0.39, 0.29) is 17.0 Å². The lowest BCUT2D eigenvalue weighted by molar-refractivity contribution is -0.119. The first-order valence-electron chi connectivity index (χ1n) is 5.01. The van der Waals surface area contributed by atoms with E-state index in [9.17, 15) is 9.59 Å². The van der Waals surface area contributed by atoms with Gasteiger partial charge < -0.3 is 4.98 Å². The number of amides is 2. The molecule has 0 atom stereocenters. The van der Waals surface area contributed by atoms with E-state index >= 15 is 0 Å². The van der Waals surface area contributed by atoms with E-state index in [1.54, 1.807) is 0 Å². The maximum Gasteiger partial charge on any atom is 0.258 e. The average Bonchev–Trinajstić information content (AvgIpc) is 2.79. The fraction of sp³-hybridized carbons (Fsp3) is 0. The molecule has 84 valence electrons. The Hall–Kier alpha value is -2.07. The van der Waals surface area contributed by atoms with Crippen molar-refractivity contribution in [3.63, 3.8) is 0 Å². The number of H-pyrrole nitrogens is 1. The molecule has 1 N–H and O–H groups in total. The zero-order valence-electron chi connectivity index (χ0n) is 8.61. The van der Waals surface area contributed by atoms with E-state index in [2.05, 4.69) is 4.98 Å². The van der Waals surface area contributed by atoms with Crippen LogP contribution in [0.1, 0.15) is 0 Å². The molecule has 0 saturated carbocycles. The molecule has 2 heterocycles. The minimum absolute atomic E-state index is 0.289. The number of para-hydroxylation sites is 1. The molecule has 0 fully saturated rings. The lowest BCUT2D eigenvalue weighted by Gasteiger charge is -2.12. The second kappa shape index (κ2) is 3.46. The Morgan fingerprint density at radius 1 is 1.06 bits per heavy atom. The maximum atomic E-state index is 11.6. The minimum Gasteiger partial charge on any atom is -0.344 e. The molecule has 1 aliphatic heterocycles. The van der Waals surface area contributed by atoms with Gasteiger partial charge in [-0.05, 0) is 6.07 Å². The van der Waals surface area contributed by atoms with Crippen molar-refractivity contribution in [2.45, 2.75) is 0 Å². The summed E-state index contributed by atoms with van der Waals surface area (Å²) in [5.74, 6) is -0.747. The standard InChI is InChI=1S/C12H7ClN2O2/c13-12-11(15-9(16)5-6-10(15)17)7-3-1-2-4-8(7)14-12/h1-6,14H. The third kappa shape index (κ3) is 1.38. The van der Waals surface area contributed by atoms with Gasteiger partial charge in [0.25, 0.3) is 11.8 Å². The van der Waals surface area contributed by atoms with E-state index < -0.39 is 0 Å². The Bertz CT molecular complexity index is 654. The molecule has 2 aromatic rings. The number of imide groups is 1. The highest BCUT2D eigenvalue weighted by Crippen LogP contribution is 2.35. The fourth-order valence-electron chi connectivity index (χ4n) is 1.93. The molecule has 0 saturated heterocycles. The third-order valence-corrected chi connectivity index (χ3v) is 2.94. The van der Waals surface area contributed by atoms with Crippen molar-refractivity contribution in [3.8, 4) is 0 Å². The minimum atomic E-state index is -0.373. The van der Waals surface area contributed by atoms with Gasteiger partial charge in [-0.25, -0.2) is 4.90 Å². The topological polar surface area (TPSA) is 53.2 Å². The number of benzene rings is 1. The number of anilines is 1. The number of rotatable bonds is 1. The highest BCUT2D eigenvalue weighted by atomic mass is 35.5. The van der Waals surface area contributed by atoms with Crippen molar-refractivity contribution in [1.29, 1.82) is 0 Å². The second-order valence-electron chi connectivity index (χ2n) is 3.68. The van der Waals surface area contributed by atoms with E-state index in [0.717, 1.165) is 15.8 Å². The van der Waals surface area contributed by atoms with E-state index in [0.29, 0.717) is 5.69 Å². The predicted molar refractivity (Wildman–Crippen MR) is 64.9 cm³/mol. The Morgan fingerprint density at radius 3 is 2.41 bits per heavy atom. The molecule has 5 heteroatoms. The third-order valence-electron chi connectivity index (χ3n) is 2.67. The number of aromatic nitrogens is 1. The number of fused-ring (bicyclic) bond motifs is 1. The van der Waals surface area contributed by atoms with Crippen LogP contribution in [-0.4, -0.2) is 16.8 Å². The molecule has 0 unspecified atom stereocenters. The van der Waals surface area contributed by atoms with Gasteiger partial charge >= 0.3 is 0 Å². The van der Waals surface area contributed by atoms with Gasteiger partial charge in [0.2, 0.25) is 0 Å². The highest BCUT2D eigenvalue weighted by molar-refractivity contribution is 6.39. The summed E-state index contributed by atoms with van der Waals surface area (Å²) in [6.45, 7) is 0. The molecule has 2 amide bonds. The van der Waals surface area contributed by atoms with Gasteiger partial charge in [-0.3, -0.25) is 9.59 Å². The summed E-state index contributed by atoms with van der Waals surface area (Å²) in [7, 11) is 0. The maximum absolute atomic E-state index is 11.6. The number of carbonyl (C=O) groups excluding carboxylic acids is 2. The van der Waals surface area contributed by atoms with Gasteiger partial charge in [-0.15, -0.1) is 0 Å². The first kappa shape index (κ1) is 10.1. The van der Waals surface area contributed by atoms with Crippen LogP contribution in [0.25, 0.3) is 10.9 Å². The first-order chi connectivity index (χ1) is 8.18. The molecule has 4 nitrogen and oxygen atoms in total. The van der Waals surface area contributed by atoms with E-state index in [1.807, 2.05) is 24.3 Å². The quantitative estimate of drug-likeness (QED) is 0.785. The second-order valence-corrected chi connectivity index (χ2v) is 4.06. The summed E-state index contributed by atoms with van der Waals surface area (Å²) < 4.78 is 0. The number of aromatic amines is 1. The van der Waals surface area contributed by atoms with Gasteiger partial charge in [0.15, 0.2) is 0 Å². The van der Waals surface area contributed by atoms with Crippen LogP contribution in [0.5, 0.6) is 0 Å². The monoisotopic (exact) mass is 246 g/mol. The summed E-state index contributed by atoms with van der Waals surface area (Å²) >= 11 is 6.05. The van der Waals surface area contributed by atoms with Gasteiger partial charge in [0.05, 0.1) is 5.69 Å². The molecular formula is C12H7ClN2O2. The number of hydrogen-bond donors (Lipinski definition) is 1. The molecule has 0 aliphatic carbocycles. The molecular weight excluding hydrogens is 240 g/mol. The van der Waals surface area contributed by atoms with Crippen LogP contribution >= 0.6 is 11.6 Å². The van der Waals surface area contributed by atoms with Crippen LogP contribution in [-0.2, 0) is 9.59 Å². The Kier molecular flexibility index (Phi) is 2.06. The van der Waals surface area contributed by atoms with Crippen molar-refractivity contribution in [3.05, 3.63) is 41.6 Å². The van der Waals surface area contributed by atoms with Gasteiger partial charge in [-0.2, -0.15) is 0 Å². The lowest BCUT2D eigenvalue weighted by Crippen LogP contribution is -2.29. The predicted octanol–water partition coefficient (Wildman–Crippen LogP) is 2.25. The molecule has 3 rings (SSSR count). The molecule has 1 aromatic carbocycles. The summed E-state index contributed by atoms with van der Waals surface area (Å²) in [4.78, 5) is 27.3. The zero-order chi connectivity index (χ0) is 12.0. The van der Waals surface area contributed by atoms with Crippen LogP contribution in [0.2, 0.25) is 5.15 Å². The SMILES string of the molecule is O=C1C=CC(=O)N1c1c(Cl)[nH]c2ccccc12. The molecule has 0 radical (unpaired) electrons. The van der Waals surface area contributed by atoms with Crippen LogP contribution < -0.4 is 4.90 Å². The number of hydrogen-bond acceptors (Lipinski definition) is 2. The number of halogens is 1. The fourth-order valence-corrected chi connectivity index (χ4v) is 2.22. The largest absolute Gasteiger partial charge is 0.344 e. The smallest absolute Gasteiger partial charge is 0.258 e. The molecule has 1 aromatic heterocycles. The molecule has 17 heavy (non-hydrogen) atoms. The van der Waals surface area contributed by atoms with Crippen LogP contribution in [0, 0.1) is 0 Å². The zero-order valence-corrected chi connectivity index (χ0v) is 9.36. The molecule has 1 aliphatic rings. The number of nitrogens with one attached hydrogen (secondary N) is 1. The summed E-state index contributed by atoms with van der Waals surface area (Å²) in [6.07, 6.45) is 2.47. The Labute approximate surface area is 101 Å². The average molecular weight is 247 g/mol.